The molecule has 0 saturated carbocycles. The number of carbonyl (C=O) groups excluding carboxylic acids is 2. The van der Waals surface area contributed by atoms with E-state index in [-0.39, 0.29) is 18.4 Å². The standard InChI is InChI=1S/C24H31Cl2N3O4S/c1-16(2)13-27-24(31)18(4)28(14-19-7-6-8-20(25)11-19)23(30)15-29(34(5,32)33)22-12-21(26)10-9-17(22)3/h6-12,16,18H,13-15H2,1-5H3,(H,27,31)/t18-/m0/s1. The van der Waals surface area contributed by atoms with Gasteiger partial charge in [0.05, 0.1) is 11.9 Å². The van der Waals surface area contributed by atoms with Gasteiger partial charge in [-0.3, -0.25) is 13.9 Å². The number of anilines is 1. The second kappa shape index (κ2) is 11.9. The van der Waals surface area contributed by atoms with Crippen LogP contribution in [-0.2, 0) is 26.2 Å². The van der Waals surface area contributed by atoms with Gasteiger partial charge in [-0.2, -0.15) is 0 Å². The van der Waals surface area contributed by atoms with Gasteiger partial charge < -0.3 is 10.2 Å². The Labute approximate surface area is 212 Å². The molecule has 2 amide bonds. The van der Waals surface area contributed by atoms with Crippen LogP contribution < -0.4 is 9.62 Å². The molecule has 1 atom stereocenters. The van der Waals surface area contributed by atoms with Gasteiger partial charge >= 0.3 is 0 Å². The summed E-state index contributed by atoms with van der Waals surface area (Å²) in [6, 6.07) is 11.0. The summed E-state index contributed by atoms with van der Waals surface area (Å²) in [6.45, 7) is 7.35. The van der Waals surface area contributed by atoms with Gasteiger partial charge in [0, 0.05) is 23.1 Å². The SMILES string of the molecule is Cc1ccc(Cl)cc1N(CC(=O)N(Cc1cccc(Cl)c1)[C@@H](C)C(=O)NCC(C)C)S(C)(=O)=O. The molecule has 0 unspecified atom stereocenters. The summed E-state index contributed by atoms with van der Waals surface area (Å²) in [5, 5.41) is 3.68. The van der Waals surface area contributed by atoms with Crippen molar-refractivity contribution < 1.29 is 18.0 Å². The van der Waals surface area contributed by atoms with Crippen molar-refractivity contribution in [3.05, 3.63) is 63.6 Å². The second-order valence-electron chi connectivity index (χ2n) is 8.67. The van der Waals surface area contributed by atoms with Crippen molar-refractivity contribution in [1.82, 2.24) is 10.2 Å². The van der Waals surface area contributed by atoms with Gasteiger partial charge in [0.15, 0.2) is 0 Å². The highest BCUT2D eigenvalue weighted by Crippen LogP contribution is 2.27. The van der Waals surface area contributed by atoms with Crippen LogP contribution in [-0.4, -0.2) is 50.5 Å². The molecule has 0 bridgehead atoms. The van der Waals surface area contributed by atoms with Crippen LogP contribution >= 0.6 is 23.2 Å². The average molecular weight is 529 g/mol. The number of amides is 2. The van der Waals surface area contributed by atoms with Gasteiger partial charge in [-0.15, -0.1) is 0 Å². The minimum absolute atomic E-state index is 0.0851. The predicted octanol–water partition coefficient (Wildman–Crippen LogP) is 4.26. The lowest BCUT2D eigenvalue weighted by Crippen LogP contribution is -2.51. The number of aryl methyl sites for hydroxylation is 1. The fraction of sp³-hybridized carbons (Fsp3) is 0.417. The third-order valence-electron chi connectivity index (χ3n) is 5.21. The number of sulfonamides is 1. The Morgan fingerprint density at radius 1 is 1.03 bits per heavy atom. The lowest BCUT2D eigenvalue weighted by Gasteiger charge is -2.32. The van der Waals surface area contributed by atoms with Crippen LogP contribution in [0.3, 0.4) is 0 Å². The molecule has 0 aliphatic rings. The Hall–Kier alpha value is -2.29. The molecule has 0 fully saturated rings. The maximum absolute atomic E-state index is 13.5. The highest BCUT2D eigenvalue weighted by molar-refractivity contribution is 7.92. The molecule has 0 heterocycles. The summed E-state index contributed by atoms with van der Waals surface area (Å²) < 4.78 is 26.3. The largest absolute Gasteiger partial charge is 0.354 e. The average Bonchev–Trinajstić information content (AvgIpc) is 2.74. The van der Waals surface area contributed by atoms with E-state index < -0.39 is 28.5 Å². The van der Waals surface area contributed by atoms with Crippen molar-refractivity contribution in [1.29, 1.82) is 0 Å². The molecule has 0 aromatic heterocycles. The number of rotatable bonds is 10. The topological polar surface area (TPSA) is 86.8 Å². The van der Waals surface area contributed by atoms with Crippen LogP contribution in [0.25, 0.3) is 0 Å². The molecule has 2 rings (SSSR count). The molecule has 0 saturated heterocycles. The molecule has 7 nitrogen and oxygen atoms in total. The molecule has 2 aromatic carbocycles. The fourth-order valence-corrected chi connectivity index (χ4v) is 4.59. The van der Waals surface area contributed by atoms with Gasteiger partial charge in [0.25, 0.3) is 0 Å². The van der Waals surface area contributed by atoms with Crippen LogP contribution in [0.2, 0.25) is 10.0 Å². The third-order valence-corrected chi connectivity index (χ3v) is 6.81. The zero-order chi connectivity index (χ0) is 25.6. The fourth-order valence-electron chi connectivity index (χ4n) is 3.31. The predicted molar refractivity (Wildman–Crippen MR) is 138 cm³/mol. The first-order valence-electron chi connectivity index (χ1n) is 10.8. The van der Waals surface area contributed by atoms with E-state index in [2.05, 4.69) is 5.32 Å². The lowest BCUT2D eigenvalue weighted by atomic mass is 10.1. The van der Waals surface area contributed by atoms with Crippen molar-refractivity contribution in [3.8, 4) is 0 Å². The van der Waals surface area contributed by atoms with Crippen LogP contribution in [0.15, 0.2) is 42.5 Å². The maximum Gasteiger partial charge on any atom is 0.244 e. The zero-order valence-corrected chi connectivity index (χ0v) is 22.3. The van der Waals surface area contributed by atoms with E-state index >= 15 is 0 Å². The number of nitrogens with one attached hydrogen (secondary N) is 1. The summed E-state index contributed by atoms with van der Waals surface area (Å²) in [5.74, 6) is -0.620. The van der Waals surface area contributed by atoms with Crippen LogP contribution in [0.5, 0.6) is 0 Å². The smallest absolute Gasteiger partial charge is 0.244 e. The van der Waals surface area contributed by atoms with E-state index in [1.54, 1.807) is 50.2 Å². The lowest BCUT2D eigenvalue weighted by molar-refractivity contribution is -0.139. The second-order valence-corrected chi connectivity index (χ2v) is 11.4. The highest BCUT2D eigenvalue weighted by Gasteiger charge is 2.30. The van der Waals surface area contributed by atoms with Crippen molar-refractivity contribution in [2.45, 2.75) is 40.3 Å². The monoisotopic (exact) mass is 527 g/mol. The Morgan fingerprint density at radius 3 is 2.26 bits per heavy atom. The Balaban J connectivity index is 2.41. The molecule has 0 aliphatic heterocycles. The van der Waals surface area contributed by atoms with Gasteiger partial charge in [-0.05, 0) is 55.2 Å². The quantitative estimate of drug-likeness (QED) is 0.500. The highest BCUT2D eigenvalue weighted by atomic mass is 35.5. The number of hydrogen-bond acceptors (Lipinski definition) is 4. The van der Waals surface area contributed by atoms with Crippen LogP contribution in [0.4, 0.5) is 5.69 Å². The summed E-state index contributed by atoms with van der Waals surface area (Å²) in [7, 11) is -3.83. The number of benzene rings is 2. The minimum atomic E-state index is -3.83. The van der Waals surface area contributed by atoms with E-state index in [1.807, 2.05) is 13.8 Å². The molecule has 2 aromatic rings. The van der Waals surface area contributed by atoms with Gasteiger partial charge in [-0.25, -0.2) is 8.42 Å². The van der Waals surface area contributed by atoms with Crippen molar-refractivity contribution in [2.75, 3.05) is 23.7 Å². The number of halogens is 2. The van der Waals surface area contributed by atoms with E-state index in [0.29, 0.717) is 33.4 Å². The Kier molecular flexibility index (Phi) is 9.79. The summed E-state index contributed by atoms with van der Waals surface area (Å²) in [6.07, 6.45) is 1.03. The molecular formula is C24H31Cl2N3O4S. The Morgan fingerprint density at radius 2 is 1.68 bits per heavy atom. The third kappa shape index (κ3) is 7.89. The minimum Gasteiger partial charge on any atom is -0.354 e. The normalized spacial score (nSPS) is 12.4. The van der Waals surface area contributed by atoms with E-state index in [0.717, 1.165) is 10.6 Å². The molecule has 0 spiro atoms. The maximum atomic E-state index is 13.5. The van der Waals surface area contributed by atoms with Crippen LogP contribution in [0, 0.1) is 12.8 Å². The molecule has 34 heavy (non-hydrogen) atoms. The zero-order valence-electron chi connectivity index (χ0n) is 20.0. The van der Waals surface area contributed by atoms with Gasteiger partial charge in [-0.1, -0.05) is 55.2 Å². The van der Waals surface area contributed by atoms with Crippen molar-refractivity contribution in [2.24, 2.45) is 5.92 Å². The number of carbonyl (C=O) groups is 2. The summed E-state index contributed by atoms with van der Waals surface area (Å²) in [4.78, 5) is 27.7. The van der Waals surface area contributed by atoms with Crippen molar-refractivity contribution in [3.63, 3.8) is 0 Å². The first kappa shape index (κ1) is 28.0. The molecule has 1 N–H and O–H groups in total. The Bertz CT molecular complexity index is 1140. The molecule has 0 radical (unpaired) electrons. The number of hydrogen-bond donors (Lipinski definition) is 1. The van der Waals surface area contributed by atoms with Gasteiger partial charge in [0.2, 0.25) is 21.8 Å². The molecular weight excluding hydrogens is 497 g/mol. The first-order valence-corrected chi connectivity index (χ1v) is 13.5. The van der Waals surface area contributed by atoms with Crippen LogP contribution in [0.1, 0.15) is 31.9 Å². The molecule has 186 valence electrons. The van der Waals surface area contributed by atoms with Gasteiger partial charge in [0.1, 0.15) is 12.6 Å². The van der Waals surface area contributed by atoms with E-state index in [9.17, 15) is 18.0 Å². The number of nitrogens with zero attached hydrogens (tertiary/aromatic N) is 2. The van der Waals surface area contributed by atoms with Crippen molar-refractivity contribution >= 4 is 50.7 Å². The summed E-state index contributed by atoms with van der Waals surface area (Å²) in [5.41, 5.74) is 1.67. The van der Waals surface area contributed by atoms with E-state index in [4.69, 9.17) is 23.2 Å². The molecule has 10 heteroatoms. The van der Waals surface area contributed by atoms with E-state index in [1.165, 1.54) is 11.0 Å². The molecule has 0 aliphatic carbocycles. The summed E-state index contributed by atoms with van der Waals surface area (Å²) >= 11 is 12.2. The first-order chi connectivity index (χ1) is 15.8.